The maximum absolute atomic E-state index is 10.7. The van der Waals surface area contributed by atoms with Crippen LogP contribution in [0.2, 0.25) is 0 Å². The predicted octanol–water partition coefficient (Wildman–Crippen LogP) is 2.52. The molecular formula is C12H8N2O3. The van der Waals surface area contributed by atoms with Gasteiger partial charge in [-0.15, -0.1) is 0 Å². The highest BCUT2D eigenvalue weighted by Gasteiger charge is 2.14. The van der Waals surface area contributed by atoms with Crippen molar-refractivity contribution < 1.29 is 14.4 Å². The minimum absolute atomic E-state index is 0.0939. The lowest BCUT2D eigenvalue weighted by molar-refractivity contribution is 0.0686. The van der Waals surface area contributed by atoms with Crippen LogP contribution in [0.3, 0.4) is 0 Å². The molecule has 2 aromatic heterocycles. The summed E-state index contributed by atoms with van der Waals surface area (Å²) >= 11 is 0. The molecule has 84 valence electrons. The first-order valence-electron chi connectivity index (χ1n) is 5.02. The van der Waals surface area contributed by atoms with Crippen molar-refractivity contribution in [3.8, 4) is 11.3 Å². The van der Waals surface area contributed by atoms with E-state index in [1.807, 2.05) is 30.5 Å². The van der Waals surface area contributed by atoms with E-state index in [2.05, 4.69) is 10.1 Å². The number of nitrogens with zero attached hydrogens (tertiary/aromatic N) is 1. The Kier molecular flexibility index (Phi) is 1.98. The molecule has 0 saturated carbocycles. The highest BCUT2D eigenvalue weighted by atomic mass is 16.5. The van der Waals surface area contributed by atoms with Gasteiger partial charge in [0.05, 0.1) is 5.52 Å². The predicted molar refractivity (Wildman–Crippen MR) is 60.8 cm³/mol. The van der Waals surface area contributed by atoms with Gasteiger partial charge in [-0.05, 0) is 12.1 Å². The van der Waals surface area contributed by atoms with Crippen LogP contribution in [0.25, 0.3) is 22.2 Å². The summed E-state index contributed by atoms with van der Waals surface area (Å²) in [5.41, 5.74) is 1.61. The van der Waals surface area contributed by atoms with Crippen LogP contribution >= 0.6 is 0 Å². The van der Waals surface area contributed by atoms with Gasteiger partial charge in [-0.3, -0.25) is 0 Å². The van der Waals surface area contributed by atoms with Crippen LogP contribution in [0.4, 0.5) is 0 Å². The van der Waals surface area contributed by atoms with Gasteiger partial charge in [-0.2, -0.15) is 0 Å². The van der Waals surface area contributed by atoms with Gasteiger partial charge in [0, 0.05) is 23.2 Å². The van der Waals surface area contributed by atoms with Crippen molar-refractivity contribution in [3.63, 3.8) is 0 Å². The fraction of sp³-hybridized carbons (Fsp3) is 0. The maximum Gasteiger partial charge on any atom is 0.358 e. The van der Waals surface area contributed by atoms with E-state index in [-0.39, 0.29) is 5.69 Å². The van der Waals surface area contributed by atoms with E-state index in [1.165, 1.54) is 6.07 Å². The number of para-hydroxylation sites is 1. The van der Waals surface area contributed by atoms with Crippen LogP contribution in [-0.2, 0) is 0 Å². The van der Waals surface area contributed by atoms with Crippen molar-refractivity contribution in [2.45, 2.75) is 0 Å². The topological polar surface area (TPSA) is 79.1 Å². The normalized spacial score (nSPS) is 10.8. The first-order chi connectivity index (χ1) is 8.25. The molecule has 5 heteroatoms. The van der Waals surface area contributed by atoms with Gasteiger partial charge in [-0.1, -0.05) is 17.3 Å². The highest BCUT2D eigenvalue weighted by molar-refractivity contribution is 5.94. The lowest BCUT2D eigenvalue weighted by Crippen LogP contribution is -1.94. The van der Waals surface area contributed by atoms with Gasteiger partial charge in [0.15, 0.2) is 11.5 Å². The molecule has 2 heterocycles. The number of nitrogens with one attached hydrogen (secondary N) is 1. The highest BCUT2D eigenvalue weighted by Crippen LogP contribution is 2.27. The summed E-state index contributed by atoms with van der Waals surface area (Å²) < 4.78 is 5.04. The molecule has 0 saturated heterocycles. The fourth-order valence-electron chi connectivity index (χ4n) is 1.79. The van der Waals surface area contributed by atoms with E-state index in [0.717, 1.165) is 16.5 Å². The Morgan fingerprint density at radius 2 is 2.24 bits per heavy atom. The minimum atomic E-state index is -1.10. The van der Waals surface area contributed by atoms with Crippen LogP contribution in [0.1, 0.15) is 10.5 Å². The molecule has 0 unspecified atom stereocenters. The number of hydrogen-bond donors (Lipinski definition) is 2. The van der Waals surface area contributed by atoms with Gasteiger partial charge in [0.25, 0.3) is 0 Å². The average molecular weight is 228 g/mol. The molecular weight excluding hydrogens is 220 g/mol. The second-order valence-corrected chi connectivity index (χ2v) is 3.63. The summed E-state index contributed by atoms with van der Waals surface area (Å²) in [6.07, 6.45) is 1.82. The Labute approximate surface area is 95.7 Å². The second kappa shape index (κ2) is 3.48. The molecule has 3 rings (SSSR count). The van der Waals surface area contributed by atoms with Crippen LogP contribution in [0.5, 0.6) is 0 Å². The summed E-state index contributed by atoms with van der Waals surface area (Å²) in [4.78, 5) is 13.8. The zero-order chi connectivity index (χ0) is 11.8. The summed E-state index contributed by atoms with van der Waals surface area (Å²) in [6, 6.07) is 9.05. The van der Waals surface area contributed by atoms with E-state index in [0.29, 0.717) is 5.76 Å². The number of benzene rings is 1. The van der Waals surface area contributed by atoms with Crippen molar-refractivity contribution in [3.05, 3.63) is 42.2 Å². The molecule has 0 radical (unpaired) electrons. The SMILES string of the molecule is O=C(O)c1cc(-c2cccc3cc[nH]c23)on1. The fourth-order valence-corrected chi connectivity index (χ4v) is 1.79. The number of aromatic nitrogens is 2. The Hall–Kier alpha value is -2.56. The molecule has 0 aliphatic carbocycles. The molecule has 0 bridgehead atoms. The quantitative estimate of drug-likeness (QED) is 0.706. The Morgan fingerprint density at radius 1 is 1.35 bits per heavy atom. The molecule has 5 nitrogen and oxygen atoms in total. The summed E-state index contributed by atoms with van der Waals surface area (Å²) in [7, 11) is 0. The number of H-pyrrole nitrogens is 1. The molecule has 0 amide bonds. The van der Waals surface area contributed by atoms with Gasteiger partial charge in [0.2, 0.25) is 0 Å². The zero-order valence-electron chi connectivity index (χ0n) is 8.68. The average Bonchev–Trinajstić information content (AvgIpc) is 2.97. The van der Waals surface area contributed by atoms with E-state index in [1.54, 1.807) is 0 Å². The number of rotatable bonds is 2. The van der Waals surface area contributed by atoms with E-state index in [9.17, 15) is 4.79 Å². The minimum Gasteiger partial charge on any atom is -0.476 e. The molecule has 3 aromatic rings. The molecule has 0 spiro atoms. The second-order valence-electron chi connectivity index (χ2n) is 3.63. The standard InChI is InChI=1S/C12H8N2O3/c15-12(16)9-6-10(17-14-9)8-3-1-2-7-4-5-13-11(7)8/h1-6,13H,(H,15,16). The lowest BCUT2D eigenvalue weighted by Gasteiger charge is -1.97. The molecule has 0 fully saturated rings. The monoisotopic (exact) mass is 228 g/mol. The number of carbonyl (C=O) groups is 1. The van der Waals surface area contributed by atoms with Crippen molar-refractivity contribution in [1.29, 1.82) is 0 Å². The first-order valence-corrected chi connectivity index (χ1v) is 5.02. The summed E-state index contributed by atoms with van der Waals surface area (Å²) in [6.45, 7) is 0. The molecule has 0 atom stereocenters. The van der Waals surface area contributed by atoms with Crippen molar-refractivity contribution in [2.75, 3.05) is 0 Å². The van der Waals surface area contributed by atoms with Crippen LogP contribution in [0, 0.1) is 0 Å². The van der Waals surface area contributed by atoms with Crippen molar-refractivity contribution >= 4 is 16.9 Å². The smallest absolute Gasteiger partial charge is 0.358 e. The van der Waals surface area contributed by atoms with Crippen LogP contribution < -0.4 is 0 Å². The summed E-state index contributed by atoms with van der Waals surface area (Å²) in [5, 5.41) is 13.3. The Balaban J connectivity index is 2.19. The maximum atomic E-state index is 10.7. The zero-order valence-corrected chi connectivity index (χ0v) is 8.68. The number of carboxylic acids is 1. The number of carboxylic acid groups (broad SMARTS) is 1. The number of hydrogen-bond acceptors (Lipinski definition) is 3. The number of aromatic amines is 1. The van der Waals surface area contributed by atoms with Crippen LogP contribution in [0.15, 0.2) is 41.1 Å². The number of fused-ring (bicyclic) bond motifs is 1. The van der Waals surface area contributed by atoms with Crippen LogP contribution in [-0.4, -0.2) is 21.2 Å². The van der Waals surface area contributed by atoms with E-state index >= 15 is 0 Å². The molecule has 2 N–H and O–H groups in total. The third kappa shape index (κ3) is 1.48. The van der Waals surface area contributed by atoms with Gasteiger partial charge in [-0.25, -0.2) is 4.79 Å². The lowest BCUT2D eigenvalue weighted by atomic mass is 10.1. The van der Waals surface area contributed by atoms with Gasteiger partial charge < -0.3 is 14.6 Å². The summed E-state index contributed by atoms with van der Waals surface area (Å²) in [5.74, 6) is -0.658. The molecule has 1 aromatic carbocycles. The molecule has 0 aliphatic heterocycles. The molecule has 0 aliphatic rings. The number of aromatic carboxylic acids is 1. The van der Waals surface area contributed by atoms with Crippen molar-refractivity contribution in [1.82, 2.24) is 10.1 Å². The Morgan fingerprint density at radius 3 is 3.00 bits per heavy atom. The Bertz CT molecular complexity index is 696. The third-order valence-electron chi connectivity index (χ3n) is 2.58. The van der Waals surface area contributed by atoms with E-state index < -0.39 is 5.97 Å². The van der Waals surface area contributed by atoms with Gasteiger partial charge >= 0.3 is 5.97 Å². The largest absolute Gasteiger partial charge is 0.476 e. The van der Waals surface area contributed by atoms with E-state index in [4.69, 9.17) is 9.63 Å². The van der Waals surface area contributed by atoms with Gasteiger partial charge in [0.1, 0.15) is 0 Å². The first kappa shape index (κ1) is 9.65. The van der Waals surface area contributed by atoms with Crippen molar-refractivity contribution in [2.24, 2.45) is 0 Å². The molecule has 17 heavy (non-hydrogen) atoms. The third-order valence-corrected chi connectivity index (χ3v) is 2.58.